The summed E-state index contributed by atoms with van der Waals surface area (Å²) in [5.41, 5.74) is 13.5. The number of rotatable bonds is 4. The Bertz CT molecular complexity index is 2640. The van der Waals surface area contributed by atoms with Crippen LogP contribution >= 0.6 is 0 Å². The number of ether oxygens (including phenoxy) is 1. The molecule has 8 aromatic rings. The Morgan fingerprint density at radius 2 is 0.885 bits per heavy atom. The first-order valence-electron chi connectivity index (χ1n) is 17.6. The van der Waals surface area contributed by atoms with E-state index < -0.39 is 5.41 Å². The maximum absolute atomic E-state index is 6.55. The van der Waals surface area contributed by atoms with Crippen molar-refractivity contribution in [3.8, 4) is 67.9 Å². The summed E-state index contributed by atoms with van der Waals surface area (Å²) >= 11 is 0. The lowest BCUT2D eigenvalue weighted by Crippen LogP contribution is -2.32. The molecule has 0 amide bonds. The Hall–Kier alpha value is -6.72. The third-order valence-corrected chi connectivity index (χ3v) is 10.5. The standard InChI is InChI=1S/C47H32N4O/c1-29-20-26-35(30(2)48-29)31-21-23-33(24-22-31)45-49-44(32-12-4-3-5-13-32)50-46(51-45)34-25-27-37-36-14-6-7-15-38(36)47(41(37)28-34)39-16-8-10-18-42(39)52-43-19-11-9-17-40(43)47/h3-28H,1-2H3. The quantitative estimate of drug-likeness (QED) is 0.187. The topological polar surface area (TPSA) is 60.8 Å². The summed E-state index contributed by atoms with van der Waals surface area (Å²) in [4.78, 5) is 20.0. The van der Waals surface area contributed by atoms with Crippen LogP contribution in [0.2, 0.25) is 0 Å². The molecule has 6 aromatic carbocycles. The van der Waals surface area contributed by atoms with Gasteiger partial charge in [-0.25, -0.2) is 15.0 Å². The van der Waals surface area contributed by atoms with Crippen molar-refractivity contribution < 1.29 is 4.74 Å². The van der Waals surface area contributed by atoms with E-state index in [0.717, 1.165) is 61.8 Å². The number of hydrogen-bond donors (Lipinski definition) is 0. The van der Waals surface area contributed by atoms with Crippen LogP contribution in [0.3, 0.4) is 0 Å². The number of aromatic nitrogens is 4. The maximum Gasteiger partial charge on any atom is 0.164 e. The van der Waals surface area contributed by atoms with Gasteiger partial charge in [0.1, 0.15) is 11.5 Å². The van der Waals surface area contributed by atoms with E-state index in [-0.39, 0.29) is 0 Å². The van der Waals surface area contributed by atoms with Crippen molar-refractivity contribution >= 4 is 0 Å². The van der Waals surface area contributed by atoms with Crippen LogP contribution in [0.5, 0.6) is 11.5 Å². The van der Waals surface area contributed by atoms with Crippen molar-refractivity contribution in [1.82, 2.24) is 19.9 Å². The zero-order valence-corrected chi connectivity index (χ0v) is 28.7. The highest BCUT2D eigenvalue weighted by Gasteiger charge is 2.51. The maximum atomic E-state index is 6.55. The van der Waals surface area contributed by atoms with Crippen molar-refractivity contribution in [1.29, 1.82) is 0 Å². The number of benzene rings is 6. The molecule has 0 atom stereocenters. The summed E-state index contributed by atoms with van der Waals surface area (Å²) in [6, 6.07) is 55.0. The van der Waals surface area contributed by atoms with Crippen molar-refractivity contribution in [3.63, 3.8) is 0 Å². The average Bonchev–Trinajstić information content (AvgIpc) is 3.48. The van der Waals surface area contributed by atoms with Gasteiger partial charge in [-0.3, -0.25) is 4.98 Å². The molecule has 0 saturated heterocycles. The lowest BCUT2D eigenvalue weighted by molar-refractivity contribution is 0.436. The molecule has 5 heteroatoms. The molecule has 0 N–H and O–H groups in total. The summed E-state index contributed by atoms with van der Waals surface area (Å²) in [5.74, 6) is 3.60. The molecule has 10 rings (SSSR count). The van der Waals surface area contributed by atoms with Crippen molar-refractivity contribution in [3.05, 3.63) is 191 Å². The fourth-order valence-corrected chi connectivity index (χ4v) is 8.13. The van der Waals surface area contributed by atoms with E-state index in [2.05, 4.69) is 127 Å². The van der Waals surface area contributed by atoms with Gasteiger partial charge in [0.05, 0.1) is 5.41 Å². The molecule has 0 fully saturated rings. The summed E-state index contributed by atoms with van der Waals surface area (Å²) in [7, 11) is 0. The SMILES string of the molecule is Cc1ccc(-c2ccc(-c3nc(-c4ccccc4)nc(-c4ccc5c(c4)C4(c6ccccc6Oc6ccccc64)c4ccccc4-5)n3)cc2)c(C)n1. The highest BCUT2D eigenvalue weighted by molar-refractivity contribution is 5.90. The zero-order valence-electron chi connectivity index (χ0n) is 28.7. The smallest absolute Gasteiger partial charge is 0.164 e. The average molecular weight is 669 g/mol. The molecule has 0 radical (unpaired) electrons. The van der Waals surface area contributed by atoms with Gasteiger partial charge in [-0.05, 0) is 65.9 Å². The van der Waals surface area contributed by atoms with Crippen LogP contribution in [0.15, 0.2) is 158 Å². The molecular formula is C47H32N4O. The molecule has 5 nitrogen and oxygen atoms in total. The predicted octanol–water partition coefficient (Wildman–Crippen LogP) is 11.0. The highest BCUT2D eigenvalue weighted by atomic mass is 16.5. The monoisotopic (exact) mass is 668 g/mol. The molecule has 2 aliphatic rings. The van der Waals surface area contributed by atoms with Crippen LogP contribution in [0.4, 0.5) is 0 Å². The molecule has 52 heavy (non-hydrogen) atoms. The summed E-state index contributed by atoms with van der Waals surface area (Å²) < 4.78 is 6.55. The van der Waals surface area contributed by atoms with Gasteiger partial charge in [-0.15, -0.1) is 0 Å². The van der Waals surface area contributed by atoms with Crippen LogP contribution in [0, 0.1) is 13.8 Å². The normalized spacial score (nSPS) is 13.1. The molecule has 1 spiro atoms. The summed E-state index contributed by atoms with van der Waals surface area (Å²) in [6.07, 6.45) is 0. The summed E-state index contributed by atoms with van der Waals surface area (Å²) in [5, 5.41) is 0. The first-order valence-corrected chi connectivity index (χ1v) is 17.6. The van der Waals surface area contributed by atoms with Gasteiger partial charge in [-0.1, -0.05) is 133 Å². The second-order valence-corrected chi connectivity index (χ2v) is 13.5. The first kappa shape index (κ1) is 30.1. The number of aryl methyl sites for hydroxylation is 2. The number of pyridine rings is 1. The van der Waals surface area contributed by atoms with Crippen LogP contribution in [0.1, 0.15) is 33.6 Å². The fraction of sp³-hybridized carbons (Fsp3) is 0.0638. The Kier molecular flexibility index (Phi) is 6.77. The molecule has 246 valence electrons. The van der Waals surface area contributed by atoms with Gasteiger partial charge in [0, 0.05) is 44.8 Å². The van der Waals surface area contributed by atoms with E-state index in [0.29, 0.717) is 17.5 Å². The molecule has 3 heterocycles. The number of para-hydroxylation sites is 2. The third-order valence-electron chi connectivity index (χ3n) is 10.5. The third kappa shape index (κ3) is 4.56. The number of hydrogen-bond acceptors (Lipinski definition) is 5. The molecule has 0 saturated carbocycles. The molecular weight excluding hydrogens is 637 g/mol. The van der Waals surface area contributed by atoms with E-state index in [1.807, 2.05) is 49.4 Å². The van der Waals surface area contributed by atoms with Gasteiger partial charge in [0.15, 0.2) is 17.5 Å². The van der Waals surface area contributed by atoms with Crippen LogP contribution in [-0.4, -0.2) is 19.9 Å². The number of nitrogens with zero attached hydrogens (tertiary/aromatic N) is 4. The zero-order chi connectivity index (χ0) is 34.8. The predicted molar refractivity (Wildman–Crippen MR) is 206 cm³/mol. The Morgan fingerprint density at radius 3 is 1.56 bits per heavy atom. The molecule has 2 aromatic heterocycles. The lowest BCUT2D eigenvalue weighted by Gasteiger charge is -2.39. The van der Waals surface area contributed by atoms with Gasteiger partial charge in [0.25, 0.3) is 0 Å². The minimum Gasteiger partial charge on any atom is -0.457 e. The van der Waals surface area contributed by atoms with E-state index in [1.165, 1.54) is 22.3 Å². The van der Waals surface area contributed by atoms with E-state index in [9.17, 15) is 0 Å². The van der Waals surface area contributed by atoms with Crippen molar-refractivity contribution in [2.75, 3.05) is 0 Å². The van der Waals surface area contributed by atoms with Gasteiger partial charge in [0.2, 0.25) is 0 Å². The van der Waals surface area contributed by atoms with E-state index in [4.69, 9.17) is 19.7 Å². The van der Waals surface area contributed by atoms with Crippen molar-refractivity contribution in [2.24, 2.45) is 0 Å². The Morgan fingerprint density at radius 1 is 0.385 bits per heavy atom. The van der Waals surface area contributed by atoms with Gasteiger partial charge >= 0.3 is 0 Å². The first-order chi connectivity index (χ1) is 25.6. The van der Waals surface area contributed by atoms with Gasteiger partial charge < -0.3 is 4.74 Å². The largest absolute Gasteiger partial charge is 0.457 e. The molecule has 1 aliphatic heterocycles. The van der Waals surface area contributed by atoms with Crippen LogP contribution in [-0.2, 0) is 5.41 Å². The molecule has 0 unspecified atom stereocenters. The Balaban J connectivity index is 1.17. The lowest BCUT2D eigenvalue weighted by atomic mass is 9.66. The van der Waals surface area contributed by atoms with E-state index in [1.54, 1.807) is 0 Å². The van der Waals surface area contributed by atoms with Gasteiger partial charge in [-0.2, -0.15) is 0 Å². The Labute approximate surface area is 302 Å². The minimum absolute atomic E-state index is 0.579. The van der Waals surface area contributed by atoms with E-state index >= 15 is 0 Å². The van der Waals surface area contributed by atoms with Crippen LogP contribution < -0.4 is 4.74 Å². The number of fused-ring (bicyclic) bond motifs is 9. The second kappa shape index (κ2) is 11.7. The minimum atomic E-state index is -0.579. The molecule has 1 aliphatic carbocycles. The fourth-order valence-electron chi connectivity index (χ4n) is 8.13. The molecule has 0 bridgehead atoms. The summed E-state index contributed by atoms with van der Waals surface area (Å²) in [6.45, 7) is 4.07. The second-order valence-electron chi connectivity index (χ2n) is 13.5. The highest BCUT2D eigenvalue weighted by Crippen LogP contribution is 2.62. The van der Waals surface area contributed by atoms with Crippen molar-refractivity contribution in [2.45, 2.75) is 19.3 Å². The van der Waals surface area contributed by atoms with Crippen LogP contribution in [0.25, 0.3) is 56.4 Å².